The second-order valence-corrected chi connectivity index (χ2v) is 8.59. The number of aromatic nitrogens is 6. The van der Waals surface area contributed by atoms with Gasteiger partial charge in [0, 0.05) is 30.2 Å². The standard InChI is InChI=1S/C23H19ClN6O/c1-28-13-16-10-18(8-9-19(16)26-28)30-23(31)21(15-4-6-17(24)7-5-15)22-20(27-30)11-25-29(22)12-14-2-3-14/h4-11,13-14H,2-3,12H2,1H3. The van der Waals surface area contributed by atoms with Crippen LogP contribution in [0.25, 0.3) is 38.8 Å². The van der Waals surface area contributed by atoms with Crippen molar-refractivity contribution in [2.24, 2.45) is 13.0 Å². The van der Waals surface area contributed by atoms with E-state index in [1.165, 1.54) is 17.5 Å². The molecule has 0 saturated heterocycles. The van der Waals surface area contributed by atoms with Gasteiger partial charge < -0.3 is 0 Å². The molecule has 0 atom stereocenters. The monoisotopic (exact) mass is 430 g/mol. The van der Waals surface area contributed by atoms with Crippen LogP contribution in [-0.2, 0) is 13.6 Å². The van der Waals surface area contributed by atoms with Gasteiger partial charge >= 0.3 is 0 Å². The minimum Gasteiger partial charge on any atom is -0.275 e. The summed E-state index contributed by atoms with van der Waals surface area (Å²) in [5, 5.41) is 15.2. The molecule has 0 radical (unpaired) electrons. The summed E-state index contributed by atoms with van der Waals surface area (Å²) in [4.78, 5) is 13.8. The molecule has 1 saturated carbocycles. The Balaban J connectivity index is 1.62. The van der Waals surface area contributed by atoms with Crippen LogP contribution in [0.4, 0.5) is 0 Å². The molecule has 7 nitrogen and oxygen atoms in total. The molecule has 0 bridgehead atoms. The summed E-state index contributed by atoms with van der Waals surface area (Å²) >= 11 is 6.11. The van der Waals surface area contributed by atoms with Crippen LogP contribution >= 0.6 is 11.6 Å². The van der Waals surface area contributed by atoms with Gasteiger partial charge in [-0.1, -0.05) is 23.7 Å². The normalized spacial score (nSPS) is 14.0. The fraction of sp³-hybridized carbons (Fsp3) is 0.217. The van der Waals surface area contributed by atoms with Crippen molar-refractivity contribution in [3.63, 3.8) is 0 Å². The van der Waals surface area contributed by atoms with E-state index >= 15 is 0 Å². The lowest BCUT2D eigenvalue weighted by molar-refractivity contribution is 0.580. The topological polar surface area (TPSA) is 70.5 Å². The highest BCUT2D eigenvalue weighted by molar-refractivity contribution is 6.30. The van der Waals surface area contributed by atoms with Crippen molar-refractivity contribution in [2.45, 2.75) is 19.4 Å². The smallest absolute Gasteiger partial charge is 0.275 e. The van der Waals surface area contributed by atoms with Crippen molar-refractivity contribution < 1.29 is 0 Å². The first kappa shape index (κ1) is 18.3. The zero-order valence-corrected chi connectivity index (χ0v) is 17.6. The first-order valence-corrected chi connectivity index (χ1v) is 10.6. The maximum absolute atomic E-state index is 13.8. The van der Waals surface area contributed by atoms with E-state index in [1.807, 2.05) is 48.3 Å². The van der Waals surface area contributed by atoms with Gasteiger partial charge in [0.25, 0.3) is 5.56 Å². The van der Waals surface area contributed by atoms with E-state index in [0.717, 1.165) is 28.5 Å². The molecule has 0 aliphatic heterocycles. The van der Waals surface area contributed by atoms with Gasteiger partial charge in [-0.3, -0.25) is 14.2 Å². The van der Waals surface area contributed by atoms with Crippen LogP contribution < -0.4 is 5.56 Å². The summed E-state index contributed by atoms with van der Waals surface area (Å²) in [5.41, 5.74) is 4.24. The number of rotatable bonds is 4. The molecular weight excluding hydrogens is 412 g/mol. The number of halogens is 1. The molecule has 2 aromatic carbocycles. The molecule has 31 heavy (non-hydrogen) atoms. The minimum atomic E-state index is -0.185. The van der Waals surface area contributed by atoms with Crippen LogP contribution in [0, 0.1) is 5.92 Å². The van der Waals surface area contributed by atoms with Gasteiger partial charge in [-0.15, -0.1) is 0 Å². The van der Waals surface area contributed by atoms with E-state index in [-0.39, 0.29) is 5.56 Å². The van der Waals surface area contributed by atoms with Crippen LogP contribution in [0.5, 0.6) is 0 Å². The Morgan fingerprint density at radius 2 is 1.87 bits per heavy atom. The average molecular weight is 431 g/mol. The minimum absolute atomic E-state index is 0.185. The first-order valence-electron chi connectivity index (χ1n) is 10.3. The molecule has 3 aromatic heterocycles. The molecule has 0 unspecified atom stereocenters. The van der Waals surface area contributed by atoms with Crippen molar-refractivity contribution in [3.8, 4) is 16.8 Å². The van der Waals surface area contributed by atoms with Gasteiger partial charge in [0.1, 0.15) is 11.0 Å². The highest BCUT2D eigenvalue weighted by atomic mass is 35.5. The quantitative estimate of drug-likeness (QED) is 0.428. The number of nitrogens with zero attached hydrogens (tertiary/aromatic N) is 6. The SMILES string of the molecule is Cn1cc2cc(-n3nc4cnn(CC5CC5)c4c(-c4ccc(Cl)cc4)c3=O)ccc2n1. The number of hydrogen-bond donors (Lipinski definition) is 0. The Morgan fingerprint density at radius 3 is 2.65 bits per heavy atom. The first-order chi connectivity index (χ1) is 15.1. The van der Waals surface area contributed by atoms with Gasteiger partial charge in [-0.25, -0.2) is 0 Å². The van der Waals surface area contributed by atoms with E-state index in [4.69, 9.17) is 11.6 Å². The van der Waals surface area contributed by atoms with Gasteiger partial charge in [0.2, 0.25) is 0 Å². The van der Waals surface area contributed by atoms with Crippen LogP contribution in [0.3, 0.4) is 0 Å². The summed E-state index contributed by atoms with van der Waals surface area (Å²) in [6.45, 7) is 0.802. The molecule has 1 aliphatic carbocycles. The zero-order valence-electron chi connectivity index (χ0n) is 16.9. The summed E-state index contributed by atoms with van der Waals surface area (Å²) in [6.07, 6.45) is 6.08. The lowest BCUT2D eigenvalue weighted by Gasteiger charge is -2.11. The zero-order chi connectivity index (χ0) is 21.1. The summed E-state index contributed by atoms with van der Waals surface area (Å²) < 4.78 is 5.15. The van der Waals surface area contributed by atoms with Crippen LogP contribution in [0.2, 0.25) is 5.02 Å². The Bertz CT molecular complexity index is 1510. The number of fused-ring (bicyclic) bond motifs is 2. The average Bonchev–Trinajstić information content (AvgIpc) is 3.37. The number of aryl methyl sites for hydroxylation is 1. The Hall–Kier alpha value is -3.45. The van der Waals surface area contributed by atoms with Crippen molar-refractivity contribution in [3.05, 3.63) is 70.2 Å². The van der Waals surface area contributed by atoms with Crippen LogP contribution in [-0.4, -0.2) is 29.3 Å². The van der Waals surface area contributed by atoms with Crippen molar-refractivity contribution in [2.75, 3.05) is 0 Å². The third-order valence-corrected chi connectivity index (χ3v) is 6.03. The fourth-order valence-electron chi connectivity index (χ4n) is 4.07. The molecule has 8 heteroatoms. The molecule has 1 fully saturated rings. The highest BCUT2D eigenvalue weighted by Crippen LogP contribution is 2.33. The summed E-state index contributed by atoms with van der Waals surface area (Å²) in [6, 6.07) is 13.1. The van der Waals surface area contributed by atoms with Gasteiger partial charge in [0.05, 0.1) is 23.0 Å². The third-order valence-electron chi connectivity index (χ3n) is 5.78. The molecule has 1 aliphatic rings. The maximum atomic E-state index is 13.8. The molecular formula is C23H19ClN6O. The second kappa shape index (κ2) is 6.78. The van der Waals surface area contributed by atoms with Crippen molar-refractivity contribution >= 4 is 33.5 Å². The second-order valence-electron chi connectivity index (χ2n) is 8.15. The molecule has 0 N–H and O–H groups in total. The van der Waals surface area contributed by atoms with Crippen LogP contribution in [0.1, 0.15) is 12.8 Å². The van der Waals surface area contributed by atoms with E-state index in [2.05, 4.69) is 15.3 Å². The number of benzene rings is 2. The maximum Gasteiger partial charge on any atom is 0.281 e. The van der Waals surface area contributed by atoms with Crippen molar-refractivity contribution in [1.29, 1.82) is 0 Å². The van der Waals surface area contributed by atoms with E-state index in [0.29, 0.717) is 27.7 Å². The predicted octanol–water partition coefficient (Wildman–Crippen LogP) is 4.20. The molecule has 5 aromatic rings. The van der Waals surface area contributed by atoms with Gasteiger partial charge in [0.15, 0.2) is 0 Å². The molecule has 0 spiro atoms. The molecule has 6 rings (SSSR count). The molecule has 0 amide bonds. The van der Waals surface area contributed by atoms with E-state index < -0.39 is 0 Å². The summed E-state index contributed by atoms with van der Waals surface area (Å²) in [5.74, 6) is 0.622. The third kappa shape index (κ3) is 3.13. The summed E-state index contributed by atoms with van der Waals surface area (Å²) in [7, 11) is 1.88. The molecule has 154 valence electrons. The lowest BCUT2D eigenvalue weighted by atomic mass is 10.1. The van der Waals surface area contributed by atoms with E-state index in [1.54, 1.807) is 23.0 Å². The van der Waals surface area contributed by atoms with Crippen LogP contribution in [0.15, 0.2) is 59.7 Å². The highest BCUT2D eigenvalue weighted by Gasteiger charge is 2.25. The molecule has 3 heterocycles. The van der Waals surface area contributed by atoms with Crippen molar-refractivity contribution in [1.82, 2.24) is 29.3 Å². The van der Waals surface area contributed by atoms with Gasteiger partial charge in [-0.2, -0.15) is 20.0 Å². The predicted molar refractivity (Wildman–Crippen MR) is 121 cm³/mol. The van der Waals surface area contributed by atoms with E-state index in [9.17, 15) is 4.79 Å². The largest absolute Gasteiger partial charge is 0.281 e. The lowest BCUT2D eigenvalue weighted by Crippen LogP contribution is -2.24. The Labute approximate surface area is 182 Å². The Kier molecular flexibility index (Phi) is 4.01. The van der Waals surface area contributed by atoms with Gasteiger partial charge in [-0.05, 0) is 54.7 Å². The fourth-order valence-corrected chi connectivity index (χ4v) is 4.20. The number of hydrogen-bond acceptors (Lipinski definition) is 4. The Morgan fingerprint density at radius 1 is 1.06 bits per heavy atom.